The Morgan fingerprint density at radius 2 is 2.00 bits per heavy atom. The number of rotatable bonds is 0. The molecule has 0 saturated heterocycles. The third kappa shape index (κ3) is 1.19. The lowest BCUT2D eigenvalue weighted by molar-refractivity contribution is -0.135. The van der Waals surface area contributed by atoms with Crippen LogP contribution in [0.1, 0.15) is 24.3 Å². The normalized spacial score (nSPS) is 28.3. The lowest BCUT2D eigenvalue weighted by atomic mass is 9.82. The zero-order valence-electron chi connectivity index (χ0n) is 8.10. The third-order valence-electron chi connectivity index (χ3n) is 3.07. The summed E-state index contributed by atoms with van der Waals surface area (Å²) in [5.41, 5.74) is 1.00. The van der Waals surface area contributed by atoms with Crippen molar-refractivity contribution in [3.8, 4) is 5.75 Å². The number of Topliss-reactive ketones (excluding diaryl/α,β-unsaturated/α-hetero) is 2. The van der Waals surface area contributed by atoms with Crippen molar-refractivity contribution in [2.45, 2.75) is 24.9 Å². The number of carbonyl (C=O) groups is 2. The van der Waals surface area contributed by atoms with Crippen LogP contribution in [0.4, 0.5) is 0 Å². The maximum absolute atomic E-state index is 11.6. The maximum Gasteiger partial charge on any atom is 0.181 e. The number of carbonyl (C=O) groups excluding carboxylic acids is 2. The van der Waals surface area contributed by atoms with E-state index in [1.165, 1.54) is 0 Å². The van der Waals surface area contributed by atoms with Crippen LogP contribution < -0.4 is 4.74 Å². The lowest BCUT2D eigenvalue weighted by Crippen LogP contribution is -2.36. The molecule has 1 heterocycles. The van der Waals surface area contributed by atoms with Gasteiger partial charge in [-0.3, -0.25) is 9.59 Å². The van der Waals surface area contributed by atoms with E-state index >= 15 is 0 Å². The SMILES string of the molecule is O=C1CC(=O)C2Oc3ccccc3C2C1. The van der Waals surface area contributed by atoms with Gasteiger partial charge in [-0.05, 0) is 6.07 Å². The minimum absolute atomic E-state index is 0.0292. The van der Waals surface area contributed by atoms with Gasteiger partial charge < -0.3 is 4.74 Å². The molecule has 0 N–H and O–H groups in total. The molecule has 0 spiro atoms. The highest BCUT2D eigenvalue weighted by Crippen LogP contribution is 2.42. The van der Waals surface area contributed by atoms with E-state index in [-0.39, 0.29) is 23.9 Å². The van der Waals surface area contributed by atoms with Gasteiger partial charge in [-0.1, -0.05) is 18.2 Å². The van der Waals surface area contributed by atoms with Gasteiger partial charge in [0.25, 0.3) is 0 Å². The summed E-state index contributed by atoms with van der Waals surface area (Å²) in [6, 6.07) is 7.58. The molecule has 1 aliphatic heterocycles. The number of ether oxygens (including phenoxy) is 1. The van der Waals surface area contributed by atoms with Gasteiger partial charge >= 0.3 is 0 Å². The van der Waals surface area contributed by atoms with Crippen molar-refractivity contribution in [2.24, 2.45) is 0 Å². The molecule has 2 unspecified atom stereocenters. The Kier molecular flexibility index (Phi) is 1.69. The molecule has 3 nitrogen and oxygen atoms in total. The summed E-state index contributed by atoms with van der Waals surface area (Å²) in [7, 11) is 0. The molecule has 1 fully saturated rings. The molecule has 2 aliphatic rings. The molecule has 15 heavy (non-hydrogen) atoms. The summed E-state index contributed by atoms with van der Waals surface area (Å²) in [5.74, 6) is 0.666. The molecule has 3 heteroatoms. The molecule has 3 rings (SSSR count). The highest BCUT2D eigenvalue weighted by atomic mass is 16.5. The number of benzene rings is 1. The Labute approximate surface area is 87.0 Å². The number of fused-ring (bicyclic) bond motifs is 3. The molecule has 1 saturated carbocycles. The number of para-hydroxylation sites is 1. The van der Waals surface area contributed by atoms with Crippen LogP contribution in [0.2, 0.25) is 0 Å². The Morgan fingerprint density at radius 1 is 1.20 bits per heavy atom. The van der Waals surface area contributed by atoms with Crippen molar-refractivity contribution in [1.29, 1.82) is 0 Å². The summed E-state index contributed by atoms with van der Waals surface area (Å²) in [6.45, 7) is 0. The van der Waals surface area contributed by atoms with Gasteiger partial charge in [-0.15, -0.1) is 0 Å². The molecule has 0 bridgehead atoms. The van der Waals surface area contributed by atoms with Gasteiger partial charge in [0.1, 0.15) is 11.5 Å². The van der Waals surface area contributed by atoms with E-state index in [1.54, 1.807) is 0 Å². The van der Waals surface area contributed by atoms with Crippen molar-refractivity contribution in [3.63, 3.8) is 0 Å². The van der Waals surface area contributed by atoms with Gasteiger partial charge in [-0.25, -0.2) is 0 Å². The fourth-order valence-corrected chi connectivity index (χ4v) is 2.40. The minimum atomic E-state index is -0.417. The van der Waals surface area contributed by atoms with Crippen molar-refractivity contribution >= 4 is 11.6 Å². The number of hydrogen-bond acceptors (Lipinski definition) is 3. The van der Waals surface area contributed by atoms with Crippen molar-refractivity contribution < 1.29 is 14.3 Å². The third-order valence-corrected chi connectivity index (χ3v) is 3.07. The van der Waals surface area contributed by atoms with Crippen molar-refractivity contribution in [1.82, 2.24) is 0 Å². The molecule has 0 radical (unpaired) electrons. The Morgan fingerprint density at radius 3 is 2.87 bits per heavy atom. The molecule has 2 atom stereocenters. The van der Waals surface area contributed by atoms with Crippen LogP contribution in [0.25, 0.3) is 0 Å². The zero-order chi connectivity index (χ0) is 10.4. The van der Waals surface area contributed by atoms with E-state index in [2.05, 4.69) is 0 Å². The van der Waals surface area contributed by atoms with E-state index in [9.17, 15) is 9.59 Å². The first-order valence-electron chi connectivity index (χ1n) is 5.06. The summed E-state index contributed by atoms with van der Waals surface area (Å²) >= 11 is 0. The predicted molar refractivity (Wildman–Crippen MR) is 52.8 cm³/mol. The van der Waals surface area contributed by atoms with E-state index in [4.69, 9.17) is 4.74 Å². The summed E-state index contributed by atoms with van der Waals surface area (Å²) in [6.07, 6.45) is 0.0582. The number of hydrogen-bond donors (Lipinski definition) is 0. The smallest absolute Gasteiger partial charge is 0.181 e. The molecule has 1 aromatic rings. The molecule has 0 amide bonds. The first kappa shape index (κ1) is 8.65. The van der Waals surface area contributed by atoms with E-state index in [1.807, 2.05) is 24.3 Å². The first-order valence-corrected chi connectivity index (χ1v) is 5.06. The first-order chi connectivity index (χ1) is 7.25. The highest BCUT2D eigenvalue weighted by molar-refractivity contribution is 6.05. The van der Waals surface area contributed by atoms with E-state index < -0.39 is 6.10 Å². The summed E-state index contributed by atoms with van der Waals surface area (Å²) in [4.78, 5) is 23.0. The van der Waals surface area contributed by atoms with E-state index in [0.29, 0.717) is 6.42 Å². The number of ketones is 2. The van der Waals surface area contributed by atoms with Crippen LogP contribution in [-0.2, 0) is 9.59 Å². The van der Waals surface area contributed by atoms with Gasteiger partial charge in [0.15, 0.2) is 11.9 Å². The Balaban J connectivity index is 2.05. The van der Waals surface area contributed by atoms with Crippen LogP contribution in [-0.4, -0.2) is 17.7 Å². The topological polar surface area (TPSA) is 43.4 Å². The summed E-state index contributed by atoms with van der Waals surface area (Å²) < 4.78 is 5.57. The van der Waals surface area contributed by atoms with Gasteiger partial charge in [-0.2, -0.15) is 0 Å². The highest BCUT2D eigenvalue weighted by Gasteiger charge is 2.43. The second kappa shape index (κ2) is 2.92. The van der Waals surface area contributed by atoms with Gasteiger partial charge in [0.2, 0.25) is 0 Å². The van der Waals surface area contributed by atoms with E-state index in [0.717, 1.165) is 11.3 Å². The van der Waals surface area contributed by atoms with Crippen molar-refractivity contribution in [2.75, 3.05) is 0 Å². The molecule has 1 aliphatic carbocycles. The molecule has 76 valence electrons. The fraction of sp³-hybridized carbons (Fsp3) is 0.333. The average Bonchev–Trinajstić information content (AvgIpc) is 2.57. The molecular weight excluding hydrogens is 192 g/mol. The quantitative estimate of drug-likeness (QED) is 0.598. The largest absolute Gasteiger partial charge is 0.482 e. The second-order valence-electron chi connectivity index (χ2n) is 4.07. The second-order valence-corrected chi connectivity index (χ2v) is 4.07. The zero-order valence-corrected chi connectivity index (χ0v) is 8.10. The van der Waals surface area contributed by atoms with Crippen LogP contribution in [0.15, 0.2) is 24.3 Å². The minimum Gasteiger partial charge on any atom is -0.482 e. The van der Waals surface area contributed by atoms with Crippen molar-refractivity contribution in [3.05, 3.63) is 29.8 Å². The Hall–Kier alpha value is -1.64. The Bertz CT molecular complexity index is 450. The predicted octanol–water partition coefficient (Wildman–Crippen LogP) is 1.46. The standard InChI is InChI=1S/C12H10O3/c13-7-5-9-8-3-1-2-4-11(8)15-12(9)10(14)6-7/h1-4,9,12H,5-6H2. The van der Waals surface area contributed by atoms with Crippen LogP contribution >= 0.6 is 0 Å². The lowest BCUT2D eigenvalue weighted by Gasteiger charge is -2.21. The summed E-state index contributed by atoms with van der Waals surface area (Å²) in [5, 5.41) is 0. The van der Waals surface area contributed by atoms with Gasteiger partial charge in [0, 0.05) is 17.9 Å². The maximum atomic E-state index is 11.6. The molecular formula is C12H10O3. The average molecular weight is 202 g/mol. The monoisotopic (exact) mass is 202 g/mol. The van der Waals surface area contributed by atoms with Crippen LogP contribution in [0, 0.1) is 0 Å². The van der Waals surface area contributed by atoms with Crippen LogP contribution in [0.5, 0.6) is 5.75 Å². The van der Waals surface area contributed by atoms with Gasteiger partial charge in [0.05, 0.1) is 6.42 Å². The van der Waals surface area contributed by atoms with Crippen LogP contribution in [0.3, 0.4) is 0 Å². The fourth-order valence-electron chi connectivity index (χ4n) is 2.40. The molecule has 0 aromatic heterocycles. The molecule has 1 aromatic carbocycles.